The average Bonchev–Trinajstić information content (AvgIpc) is 3.66. The first-order valence-electron chi connectivity index (χ1n) is 17.8. The molecule has 12 nitrogen and oxygen atoms in total. The molecule has 13 heteroatoms. The quantitative estimate of drug-likeness (QED) is 0.0605. The van der Waals surface area contributed by atoms with E-state index in [-0.39, 0.29) is 38.7 Å². The Kier molecular flexibility index (Phi) is 11.3. The second kappa shape index (κ2) is 16.3. The molecule has 0 saturated carbocycles. The first-order valence-corrected chi connectivity index (χ1v) is 18.8. The molecule has 7 rings (SSSR count). The fourth-order valence-corrected chi connectivity index (χ4v) is 8.76. The highest BCUT2D eigenvalue weighted by Crippen LogP contribution is 2.66. The van der Waals surface area contributed by atoms with Gasteiger partial charge in [-0.2, -0.15) is 0 Å². The van der Waals surface area contributed by atoms with E-state index in [0.29, 0.717) is 26.0 Å². The molecule has 2 amide bonds. The molecule has 3 aliphatic rings. The fraction of sp³-hybridized carbons (Fsp3) is 0.286. The Hall–Kier alpha value is -5.09. The van der Waals surface area contributed by atoms with Gasteiger partial charge in [-0.3, -0.25) is 19.3 Å². The van der Waals surface area contributed by atoms with E-state index in [9.17, 15) is 19.5 Å². The van der Waals surface area contributed by atoms with Crippen molar-refractivity contribution in [2.75, 3.05) is 45.0 Å². The van der Waals surface area contributed by atoms with Gasteiger partial charge in [0.15, 0.2) is 0 Å². The number of fused-ring (bicyclic) bond motifs is 3. The number of nitrogens with zero attached hydrogens (tertiary/aromatic N) is 2. The van der Waals surface area contributed by atoms with Crippen LogP contribution in [0.2, 0.25) is 0 Å². The van der Waals surface area contributed by atoms with Gasteiger partial charge in [-0.15, -0.1) is 0 Å². The zero-order chi connectivity index (χ0) is 38.7. The van der Waals surface area contributed by atoms with E-state index in [0.717, 1.165) is 10.5 Å². The molecule has 0 radical (unpaired) electrons. The average molecular weight is 859 g/mol. The van der Waals surface area contributed by atoms with Crippen LogP contribution in [-0.4, -0.2) is 80.1 Å². The van der Waals surface area contributed by atoms with Crippen LogP contribution in [0.4, 0.5) is 10.5 Å². The smallest absolute Gasteiger partial charge is 0.421 e. The number of esters is 2. The number of carbonyl (C=O) groups is 4. The molecule has 4 aromatic carbocycles. The van der Waals surface area contributed by atoms with E-state index >= 15 is 4.79 Å². The van der Waals surface area contributed by atoms with Crippen LogP contribution in [0.1, 0.15) is 40.4 Å². The van der Waals surface area contributed by atoms with Gasteiger partial charge in [0.05, 0.1) is 31.0 Å². The van der Waals surface area contributed by atoms with Crippen molar-refractivity contribution in [2.45, 2.75) is 29.6 Å². The molecule has 1 N–H and O–H groups in total. The van der Waals surface area contributed by atoms with E-state index in [1.165, 1.54) is 13.2 Å². The van der Waals surface area contributed by atoms with Crippen molar-refractivity contribution in [3.63, 3.8) is 0 Å². The molecule has 2 saturated heterocycles. The van der Waals surface area contributed by atoms with E-state index in [2.05, 4.69) is 29.2 Å². The van der Waals surface area contributed by atoms with Crippen molar-refractivity contribution in [1.29, 1.82) is 0 Å². The van der Waals surface area contributed by atoms with Gasteiger partial charge in [-0.05, 0) is 75.2 Å². The van der Waals surface area contributed by atoms with E-state index < -0.39 is 59.5 Å². The van der Waals surface area contributed by atoms with Gasteiger partial charge in [0, 0.05) is 10.7 Å². The molecular weight excluding hydrogens is 819 g/mol. The van der Waals surface area contributed by atoms with Gasteiger partial charge in [0.25, 0.3) is 0 Å². The number of ether oxygens (including phenoxy) is 5. The van der Waals surface area contributed by atoms with Crippen LogP contribution in [0.3, 0.4) is 0 Å². The number of carbonyl (C=O) groups excluding carboxylic acids is 4. The zero-order valence-electron chi connectivity index (χ0n) is 29.9. The lowest BCUT2D eigenvalue weighted by Gasteiger charge is -2.46. The summed E-state index contributed by atoms with van der Waals surface area (Å²) in [6, 6.07) is 27.6. The molecule has 0 unspecified atom stereocenters. The first kappa shape index (κ1) is 38.2. The van der Waals surface area contributed by atoms with Crippen LogP contribution in [0.5, 0.6) is 5.75 Å². The maximum absolute atomic E-state index is 15.8. The molecule has 3 aliphatic heterocycles. The standard InChI is InChI=1S/C42H39IN2O10/c1-3-20-53-38(47)33-35-39(48)55-36(27-13-8-5-9-14-27)34(26-11-6-4-7-12-26)45(35)37(28-15-10-16-30(24-28)52-21-19-46)42(33)31-25-29(43)17-18-32(31)44(40(42)49)41(50)54-23-22-51-2/h3-18,24-25,33-37,46H,1,19-23H2,2H3/t33-,34-,35-,36+,37+,42-/m1/s1. The largest absolute Gasteiger partial charge is 0.491 e. The number of amides is 2. The number of cyclic esters (lactones) is 1. The highest BCUT2D eigenvalue weighted by Gasteiger charge is 2.76. The van der Waals surface area contributed by atoms with Crippen LogP contribution in [0.15, 0.2) is 116 Å². The number of imide groups is 1. The number of aliphatic hydroxyl groups is 1. The lowest BCUT2D eigenvalue weighted by atomic mass is 9.65. The van der Waals surface area contributed by atoms with Gasteiger partial charge in [-0.25, -0.2) is 9.69 Å². The predicted octanol–water partition coefficient (Wildman–Crippen LogP) is 5.84. The molecular formula is C42H39IN2O10. The van der Waals surface area contributed by atoms with E-state index in [1.807, 2.05) is 65.6 Å². The molecule has 0 aliphatic carbocycles. The SMILES string of the molecule is C=CCOC(=O)[C@H]1[C@@H]2C(=O)O[C@@H](c3ccccc3)[C@@H](c3ccccc3)N2[C@@H](c2cccc(OCCO)c2)[C@]12C(=O)N(C(=O)OCCOC)c1ccc(I)cc12. The minimum absolute atomic E-state index is 0.00178. The second-order valence-electron chi connectivity index (χ2n) is 13.2. The summed E-state index contributed by atoms with van der Waals surface area (Å²) < 4.78 is 29.4. The normalized spacial score (nSPS) is 24.2. The predicted molar refractivity (Wildman–Crippen MR) is 208 cm³/mol. The third-order valence-electron chi connectivity index (χ3n) is 10.2. The maximum atomic E-state index is 15.8. The van der Waals surface area contributed by atoms with Crippen LogP contribution < -0.4 is 9.64 Å². The lowest BCUT2D eigenvalue weighted by molar-refractivity contribution is -0.180. The molecule has 1 spiro atoms. The highest BCUT2D eigenvalue weighted by molar-refractivity contribution is 14.1. The molecule has 4 aromatic rings. The fourth-order valence-electron chi connectivity index (χ4n) is 8.27. The Bertz CT molecular complexity index is 2080. The molecule has 55 heavy (non-hydrogen) atoms. The summed E-state index contributed by atoms with van der Waals surface area (Å²) >= 11 is 2.12. The van der Waals surface area contributed by atoms with Crippen LogP contribution in [0.25, 0.3) is 0 Å². The highest BCUT2D eigenvalue weighted by atomic mass is 127. The Morgan fingerprint density at radius 2 is 1.58 bits per heavy atom. The van der Waals surface area contributed by atoms with Gasteiger partial charge >= 0.3 is 18.0 Å². The number of halogens is 1. The Morgan fingerprint density at radius 3 is 2.27 bits per heavy atom. The molecule has 6 atom stereocenters. The van der Waals surface area contributed by atoms with Crippen molar-refractivity contribution in [1.82, 2.24) is 4.90 Å². The van der Waals surface area contributed by atoms with E-state index in [1.54, 1.807) is 42.5 Å². The summed E-state index contributed by atoms with van der Waals surface area (Å²) in [4.78, 5) is 62.3. The van der Waals surface area contributed by atoms with Gasteiger partial charge in [0.1, 0.15) is 49.0 Å². The Balaban J connectivity index is 1.57. The van der Waals surface area contributed by atoms with Gasteiger partial charge in [-0.1, -0.05) is 85.5 Å². The number of hydrogen-bond donors (Lipinski definition) is 1. The van der Waals surface area contributed by atoms with E-state index in [4.69, 9.17) is 23.7 Å². The number of hydrogen-bond acceptors (Lipinski definition) is 11. The number of aliphatic hydroxyl groups excluding tert-OH is 1. The summed E-state index contributed by atoms with van der Waals surface area (Å²) in [6.45, 7) is 3.21. The summed E-state index contributed by atoms with van der Waals surface area (Å²) in [5.74, 6) is -3.51. The number of anilines is 1. The molecule has 2 fully saturated rings. The van der Waals surface area contributed by atoms with Crippen molar-refractivity contribution >= 4 is 52.2 Å². The topological polar surface area (TPSA) is 141 Å². The minimum atomic E-state index is -1.97. The summed E-state index contributed by atoms with van der Waals surface area (Å²) in [7, 11) is 1.46. The van der Waals surface area contributed by atoms with Crippen LogP contribution >= 0.6 is 22.6 Å². The minimum Gasteiger partial charge on any atom is -0.491 e. The molecule has 0 aromatic heterocycles. The summed E-state index contributed by atoms with van der Waals surface area (Å²) in [6.07, 6.45) is -0.445. The van der Waals surface area contributed by atoms with Crippen LogP contribution in [-0.2, 0) is 38.7 Å². The monoisotopic (exact) mass is 858 g/mol. The maximum Gasteiger partial charge on any atom is 0.421 e. The van der Waals surface area contributed by atoms with Gasteiger partial charge in [0.2, 0.25) is 5.91 Å². The van der Waals surface area contributed by atoms with Crippen molar-refractivity contribution in [3.8, 4) is 5.75 Å². The summed E-state index contributed by atoms with van der Waals surface area (Å²) in [5, 5.41) is 9.61. The molecule has 3 heterocycles. The number of methoxy groups -OCH3 is 1. The third-order valence-corrected chi connectivity index (χ3v) is 10.9. The third kappa shape index (κ3) is 6.68. The van der Waals surface area contributed by atoms with Crippen molar-refractivity contribution in [3.05, 3.63) is 142 Å². The summed E-state index contributed by atoms with van der Waals surface area (Å²) in [5.41, 5.74) is 0.541. The number of morpholine rings is 1. The molecule has 284 valence electrons. The van der Waals surface area contributed by atoms with Crippen molar-refractivity contribution in [2.24, 2.45) is 5.92 Å². The zero-order valence-corrected chi connectivity index (χ0v) is 32.1. The second-order valence-corrected chi connectivity index (χ2v) is 14.5. The number of benzene rings is 4. The van der Waals surface area contributed by atoms with Crippen molar-refractivity contribution < 1.29 is 48.0 Å². The van der Waals surface area contributed by atoms with Crippen LogP contribution in [0, 0.1) is 9.49 Å². The first-order chi connectivity index (χ1) is 26.8. The van der Waals surface area contributed by atoms with Gasteiger partial charge < -0.3 is 28.8 Å². The number of rotatable bonds is 12. The Labute approximate surface area is 331 Å². The lowest BCUT2D eigenvalue weighted by Crippen LogP contribution is -2.53. The Morgan fingerprint density at radius 1 is 0.873 bits per heavy atom. The molecule has 0 bridgehead atoms.